The monoisotopic (exact) mass is 429 g/mol. The van der Waals surface area contributed by atoms with E-state index < -0.39 is 10.0 Å². The lowest BCUT2D eigenvalue weighted by atomic mass is 10.2. The quantitative estimate of drug-likeness (QED) is 0.764. The molecule has 0 bridgehead atoms. The van der Waals surface area contributed by atoms with Crippen molar-refractivity contribution in [2.24, 2.45) is 0 Å². The van der Waals surface area contributed by atoms with E-state index in [-0.39, 0.29) is 10.8 Å². The van der Waals surface area contributed by atoms with Crippen LogP contribution >= 0.6 is 0 Å². The van der Waals surface area contributed by atoms with Gasteiger partial charge in [-0.2, -0.15) is 4.31 Å². The average molecular weight is 430 g/mol. The number of nitrogens with one attached hydrogen (secondary N) is 1. The Morgan fingerprint density at radius 3 is 2.67 bits per heavy atom. The number of anilines is 1. The molecule has 2 heterocycles. The van der Waals surface area contributed by atoms with Crippen LogP contribution in [0.4, 0.5) is 5.69 Å². The predicted molar refractivity (Wildman–Crippen MR) is 115 cm³/mol. The van der Waals surface area contributed by atoms with Crippen molar-refractivity contribution < 1.29 is 17.9 Å². The van der Waals surface area contributed by atoms with Gasteiger partial charge in [0, 0.05) is 50.4 Å². The molecule has 0 aliphatic carbocycles. The Bertz CT molecular complexity index is 1000. The standard InChI is InChI=1S/C22H27N3O4S/c26-22(10-13-24-14-15-29-21-9-2-1-6-18(21)17-24)23-19-7-5-8-20(16-19)30(27,28)25-11-3-4-12-25/h1-2,5-9,16H,3-4,10-15,17H2,(H,23,26). The molecule has 8 heteroatoms. The number of carbonyl (C=O) groups excluding carboxylic acids is 1. The molecule has 0 saturated carbocycles. The number of para-hydroxylation sites is 1. The zero-order valence-electron chi connectivity index (χ0n) is 16.9. The Balaban J connectivity index is 1.34. The van der Waals surface area contributed by atoms with E-state index in [0.29, 0.717) is 38.3 Å². The van der Waals surface area contributed by atoms with Crippen LogP contribution in [0.3, 0.4) is 0 Å². The van der Waals surface area contributed by atoms with Gasteiger partial charge in [0.05, 0.1) is 4.90 Å². The van der Waals surface area contributed by atoms with Gasteiger partial charge < -0.3 is 10.1 Å². The molecule has 1 amide bonds. The second-order valence-corrected chi connectivity index (χ2v) is 9.61. The molecule has 0 unspecified atom stereocenters. The van der Waals surface area contributed by atoms with E-state index in [2.05, 4.69) is 10.2 Å². The van der Waals surface area contributed by atoms with Crippen molar-refractivity contribution in [2.75, 3.05) is 38.1 Å². The van der Waals surface area contributed by atoms with Crippen molar-refractivity contribution in [1.82, 2.24) is 9.21 Å². The summed E-state index contributed by atoms with van der Waals surface area (Å²) < 4.78 is 32.7. The van der Waals surface area contributed by atoms with E-state index in [1.165, 1.54) is 4.31 Å². The molecule has 0 atom stereocenters. The van der Waals surface area contributed by atoms with Crippen LogP contribution in [-0.4, -0.2) is 56.3 Å². The molecular weight excluding hydrogens is 402 g/mol. The number of hydrogen-bond acceptors (Lipinski definition) is 5. The molecule has 4 rings (SSSR count). The minimum atomic E-state index is -3.50. The maximum Gasteiger partial charge on any atom is 0.243 e. The van der Waals surface area contributed by atoms with Crippen molar-refractivity contribution in [3.8, 4) is 5.75 Å². The van der Waals surface area contributed by atoms with Gasteiger partial charge in [-0.1, -0.05) is 24.3 Å². The highest BCUT2D eigenvalue weighted by Crippen LogP contribution is 2.24. The first-order valence-corrected chi connectivity index (χ1v) is 11.8. The topological polar surface area (TPSA) is 79.0 Å². The van der Waals surface area contributed by atoms with Crippen LogP contribution in [0.25, 0.3) is 0 Å². The number of hydrogen-bond donors (Lipinski definition) is 1. The van der Waals surface area contributed by atoms with Gasteiger partial charge in [0.2, 0.25) is 15.9 Å². The molecular formula is C22H27N3O4S. The zero-order valence-corrected chi connectivity index (χ0v) is 17.7. The minimum Gasteiger partial charge on any atom is -0.492 e. The van der Waals surface area contributed by atoms with Crippen molar-refractivity contribution in [1.29, 1.82) is 0 Å². The Kier molecular flexibility index (Phi) is 6.36. The maximum absolute atomic E-state index is 12.7. The van der Waals surface area contributed by atoms with Crippen molar-refractivity contribution in [3.63, 3.8) is 0 Å². The summed E-state index contributed by atoms with van der Waals surface area (Å²) in [6.07, 6.45) is 2.11. The number of benzene rings is 2. The molecule has 1 fully saturated rings. The summed E-state index contributed by atoms with van der Waals surface area (Å²) in [5.41, 5.74) is 1.63. The zero-order chi connectivity index (χ0) is 21.0. The molecule has 2 aromatic rings. The summed E-state index contributed by atoms with van der Waals surface area (Å²) in [5, 5.41) is 2.84. The molecule has 1 N–H and O–H groups in total. The van der Waals surface area contributed by atoms with Gasteiger partial charge in [-0.25, -0.2) is 8.42 Å². The Hall–Kier alpha value is -2.42. The Morgan fingerprint density at radius 1 is 1.03 bits per heavy atom. The predicted octanol–water partition coefficient (Wildman–Crippen LogP) is 2.69. The highest BCUT2D eigenvalue weighted by Gasteiger charge is 2.27. The van der Waals surface area contributed by atoms with E-state index in [0.717, 1.165) is 37.2 Å². The molecule has 2 aliphatic heterocycles. The van der Waals surface area contributed by atoms with Gasteiger partial charge in [-0.15, -0.1) is 0 Å². The van der Waals surface area contributed by atoms with Crippen molar-refractivity contribution >= 4 is 21.6 Å². The minimum absolute atomic E-state index is 0.135. The molecule has 30 heavy (non-hydrogen) atoms. The number of amides is 1. The van der Waals surface area contributed by atoms with E-state index in [9.17, 15) is 13.2 Å². The highest BCUT2D eigenvalue weighted by molar-refractivity contribution is 7.89. The van der Waals surface area contributed by atoms with E-state index in [1.807, 2.05) is 24.3 Å². The highest BCUT2D eigenvalue weighted by atomic mass is 32.2. The molecule has 2 aromatic carbocycles. The fourth-order valence-electron chi connectivity index (χ4n) is 3.87. The number of rotatable bonds is 6. The average Bonchev–Trinajstić information content (AvgIpc) is 3.21. The third-order valence-corrected chi connectivity index (χ3v) is 7.40. The summed E-state index contributed by atoms with van der Waals surface area (Å²) in [4.78, 5) is 14.9. The molecule has 7 nitrogen and oxygen atoms in total. The number of carbonyl (C=O) groups is 1. The number of ether oxygens (including phenoxy) is 1. The first-order valence-electron chi connectivity index (χ1n) is 10.4. The molecule has 1 saturated heterocycles. The second-order valence-electron chi connectivity index (χ2n) is 7.67. The SMILES string of the molecule is O=C(CCN1CCOc2ccccc2C1)Nc1cccc(S(=O)(=O)N2CCCC2)c1. The number of sulfonamides is 1. The molecule has 0 aromatic heterocycles. The third kappa shape index (κ3) is 4.83. The van der Waals surface area contributed by atoms with E-state index >= 15 is 0 Å². The van der Waals surface area contributed by atoms with Gasteiger partial charge in [-0.3, -0.25) is 9.69 Å². The molecule has 2 aliphatic rings. The van der Waals surface area contributed by atoms with E-state index in [1.54, 1.807) is 24.3 Å². The van der Waals surface area contributed by atoms with Gasteiger partial charge in [-0.05, 0) is 37.1 Å². The summed E-state index contributed by atoms with van der Waals surface area (Å²) in [6.45, 7) is 3.81. The van der Waals surface area contributed by atoms with Gasteiger partial charge in [0.15, 0.2) is 0 Å². The summed E-state index contributed by atoms with van der Waals surface area (Å²) >= 11 is 0. The van der Waals surface area contributed by atoms with Crippen molar-refractivity contribution in [3.05, 3.63) is 54.1 Å². The molecule has 0 spiro atoms. The van der Waals surface area contributed by atoms with Crippen LogP contribution in [0, 0.1) is 0 Å². The smallest absolute Gasteiger partial charge is 0.243 e. The largest absolute Gasteiger partial charge is 0.492 e. The van der Waals surface area contributed by atoms with Crippen molar-refractivity contribution in [2.45, 2.75) is 30.7 Å². The van der Waals surface area contributed by atoms with Crippen LogP contribution < -0.4 is 10.1 Å². The lowest BCUT2D eigenvalue weighted by Crippen LogP contribution is -2.29. The van der Waals surface area contributed by atoms with Crippen LogP contribution in [0.5, 0.6) is 5.75 Å². The molecule has 0 radical (unpaired) electrons. The summed E-state index contributed by atoms with van der Waals surface area (Å²) in [6, 6.07) is 14.5. The third-order valence-electron chi connectivity index (χ3n) is 5.51. The normalized spacial score (nSPS) is 17.7. The fraction of sp³-hybridized carbons (Fsp3) is 0.409. The van der Waals surface area contributed by atoms with Gasteiger partial charge in [0.1, 0.15) is 12.4 Å². The summed E-state index contributed by atoms with van der Waals surface area (Å²) in [7, 11) is -3.50. The van der Waals surface area contributed by atoms with Crippen LogP contribution in [0.1, 0.15) is 24.8 Å². The Morgan fingerprint density at radius 2 is 1.83 bits per heavy atom. The van der Waals surface area contributed by atoms with Crippen LogP contribution in [-0.2, 0) is 21.4 Å². The van der Waals surface area contributed by atoms with Gasteiger partial charge >= 0.3 is 0 Å². The van der Waals surface area contributed by atoms with Crippen LogP contribution in [0.2, 0.25) is 0 Å². The van der Waals surface area contributed by atoms with E-state index in [4.69, 9.17) is 4.74 Å². The fourth-order valence-corrected chi connectivity index (χ4v) is 5.43. The number of nitrogens with zero attached hydrogens (tertiary/aromatic N) is 2. The summed E-state index contributed by atoms with van der Waals surface area (Å²) in [5.74, 6) is 0.768. The first kappa shape index (κ1) is 20.8. The lowest BCUT2D eigenvalue weighted by molar-refractivity contribution is -0.116. The first-order chi connectivity index (χ1) is 14.5. The molecule has 160 valence electrons. The lowest BCUT2D eigenvalue weighted by Gasteiger charge is -2.19. The second kappa shape index (κ2) is 9.16. The Labute approximate surface area is 177 Å². The van der Waals surface area contributed by atoms with Crippen LogP contribution in [0.15, 0.2) is 53.4 Å². The maximum atomic E-state index is 12.7. The number of fused-ring (bicyclic) bond motifs is 1. The van der Waals surface area contributed by atoms with Gasteiger partial charge in [0.25, 0.3) is 0 Å².